The zero-order valence-corrected chi connectivity index (χ0v) is 16.8. The second-order valence-corrected chi connectivity index (χ2v) is 7.42. The summed E-state index contributed by atoms with van der Waals surface area (Å²) in [6, 6.07) is 8.29. The van der Waals surface area contributed by atoms with Gasteiger partial charge in [0.05, 0.1) is 13.2 Å². The van der Waals surface area contributed by atoms with E-state index >= 15 is 0 Å². The number of nitrogens with one attached hydrogen (secondary N) is 1. The van der Waals surface area contributed by atoms with Crippen molar-refractivity contribution in [2.75, 3.05) is 19.7 Å². The van der Waals surface area contributed by atoms with Gasteiger partial charge in [-0.15, -0.1) is 0 Å². The van der Waals surface area contributed by atoms with E-state index in [-0.39, 0.29) is 0 Å². The second-order valence-electron chi connectivity index (χ2n) is 7.42. The third-order valence-electron chi connectivity index (χ3n) is 5.07. The van der Waals surface area contributed by atoms with E-state index < -0.39 is 0 Å². The molecule has 1 aliphatic heterocycles. The zero-order valence-electron chi connectivity index (χ0n) is 16.8. The van der Waals surface area contributed by atoms with Crippen LogP contribution in [0.3, 0.4) is 0 Å². The molecule has 1 aromatic carbocycles. The minimum atomic E-state index is 0.829. The number of amidine groups is 1. The van der Waals surface area contributed by atoms with Crippen LogP contribution >= 0.6 is 0 Å². The molecule has 0 spiro atoms. The van der Waals surface area contributed by atoms with Gasteiger partial charge in [-0.05, 0) is 30.7 Å². The lowest BCUT2D eigenvalue weighted by molar-refractivity contribution is 0.304. The second kappa shape index (κ2) is 13.7. The number of hydrogen-bond donors (Lipinski definition) is 1. The number of aliphatic imine (C=N–C) groups is 1. The molecule has 146 valence electrons. The van der Waals surface area contributed by atoms with E-state index in [1.54, 1.807) is 0 Å². The Morgan fingerprint density at radius 2 is 1.38 bits per heavy atom. The SMILES string of the molecule is CCCCCCCCCCCCCCOc1ccc(C2=NCCN2)cc1. The summed E-state index contributed by atoms with van der Waals surface area (Å²) in [5, 5.41) is 3.30. The van der Waals surface area contributed by atoms with Gasteiger partial charge in [-0.3, -0.25) is 4.99 Å². The van der Waals surface area contributed by atoms with E-state index in [4.69, 9.17) is 4.74 Å². The molecule has 0 aliphatic carbocycles. The highest BCUT2D eigenvalue weighted by molar-refractivity contribution is 5.99. The predicted octanol–water partition coefficient (Wildman–Crippen LogP) is 6.12. The minimum absolute atomic E-state index is 0.829. The van der Waals surface area contributed by atoms with Crippen LogP contribution in [0.4, 0.5) is 0 Å². The molecular formula is C23H38N2O. The third kappa shape index (κ3) is 8.73. The smallest absolute Gasteiger partial charge is 0.128 e. The lowest BCUT2D eigenvalue weighted by atomic mass is 10.1. The van der Waals surface area contributed by atoms with Crippen LogP contribution in [0.1, 0.15) is 89.5 Å². The zero-order chi connectivity index (χ0) is 18.3. The molecule has 2 rings (SSSR count). The molecule has 0 amide bonds. The number of benzene rings is 1. The van der Waals surface area contributed by atoms with E-state index in [0.29, 0.717) is 0 Å². The van der Waals surface area contributed by atoms with Crippen LogP contribution in [0.5, 0.6) is 5.75 Å². The summed E-state index contributed by atoms with van der Waals surface area (Å²) in [5.74, 6) is 1.98. The first-order valence-electron chi connectivity index (χ1n) is 10.9. The fourth-order valence-electron chi connectivity index (χ4n) is 3.43. The summed E-state index contributed by atoms with van der Waals surface area (Å²) < 4.78 is 5.86. The average molecular weight is 359 g/mol. The molecule has 1 aromatic rings. The molecule has 1 aliphatic rings. The lowest BCUT2D eigenvalue weighted by Crippen LogP contribution is -2.19. The maximum absolute atomic E-state index is 5.86. The molecule has 0 fully saturated rings. The Bertz CT molecular complexity index is 495. The first-order valence-corrected chi connectivity index (χ1v) is 10.9. The summed E-state index contributed by atoms with van der Waals surface area (Å²) in [5.41, 5.74) is 1.15. The van der Waals surface area contributed by atoms with Crippen LogP contribution in [0.25, 0.3) is 0 Å². The van der Waals surface area contributed by atoms with Crippen molar-refractivity contribution in [3.8, 4) is 5.75 Å². The van der Waals surface area contributed by atoms with Gasteiger partial charge in [-0.25, -0.2) is 0 Å². The van der Waals surface area contributed by atoms with Crippen molar-refractivity contribution in [3.63, 3.8) is 0 Å². The molecule has 0 bridgehead atoms. The van der Waals surface area contributed by atoms with Crippen LogP contribution < -0.4 is 10.1 Å². The number of ether oxygens (including phenoxy) is 1. The monoisotopic (exact) mass is 358 g/mol. The quantitative estimate of drug-likeness (QED) is 0.383. The molecule has 0 aromatic heterocycles. The van der Waals surface area contributed by atoms with E-state index in [1.165, 1.54) is 70.6 Å². The summed E-state index contributed by atoms with van der Waals surface area (Å²) in [4.78, 5) is 4.44. The molecule has 3 nitrogen and oxygen atoms in total. The number of rotatable bonds is 15. The third-order valence-corrected chi connectivity index (χ3v) is 5.07. The number of hydrogen-bond acceptors (Lipinski definition) is 3. The molecular weight excluding hydrogens is 320 g/mol. The topological polar surface area (TPSA) is 33.6 Å². The molecule has 0 radical (unpaired) electrons. The van der Waals surface area contributed by atoms with Gasteiger partial charge in [0.15, 0.2) is 0 Å². The molecule has 3 heteroatoms. The van der Waals surface area contributed by atoms with Gasteiger partial charge in [0.25, 0.3) is 0 Å². The Hall–Kier alpha value is -1.51. The van der Waals surface area contributed by atoms with Gasteiger partial charge in [0.1, 0.15) is 11.6 Å². The van der Waals surface area contributed by atoms with Crippen molar-refractivity contribution >= 4 is 5.84 Å². The van der Waals surface area contributed by atoms with Crippen molar-refractivity contribution in [2.24, 2.45) is 4.99 Å². The number of nitrogens with zero attached hydrogens (tertiary/aromatic N) is 1. The highest BCUT2D eigenvalue weighted by Gasteiger charge is 2.07. The summed E-state index contributed by atoms with van der Waals surface area (Å²) in [6.07, 6.45) is 16.5. The van der Waals surface area contributed by atoms with Crippen molar-refractivity contribution in [1.29, 1.82) is 0 Å². The minimum Gasteiger partial charge on any atom is -0.494 e. The van der Waals surface area contributed by atoms with E-state index in [1.807, 2.05) is 0 Å². The van der Waals surface area contributed by atoms with Crippen molar-refractivity contribution in [3.05, 3.63) is 29.8 Å². The Morgan fingerprint density at radius 1 is 0.808 bits per heavy atom. The van der Waals surface area contributed by atoms with Gasteiger partial charge in [0.2, 0.25) is 0 Å². The molecule has 0 saturated heterocycles. The predicted molar refractivity (Wildman–Crippen MR) is 112 cm³/mol. The van der Waals surface area contributed by atoms with Crippen molar-refractivity contribution < 1.29 is 4.74 Å². The van der Waals surface area contributed by atoms with Crippen LogP contribution in [-0.4, -0.2) is 25.5 Å². The largest absolute Gasteiger partial charge is 0.494 e. The summed E-state index contributed by atoms with van der Waals surface area (Å²) in [7, 11) is 0. The Labute approximate surface area is 160 Å². The highest BCUT2D eigenvalue weighted by Crippen LogP contribution is 2.15. The van der Waals surface area contributed by atoms with Gasteiger partial charge < -0.3 is 10.1 Å². The molecule has 1 heterocycles. The molecule has 0 saturated carbocycles. The Morgan fingerprint density at radius 3 is 1.92 bits per heavy atom. The van der Waals surface area contributed by atoms with Crippen LogP contribution in [0.15, 0.2) is 29.3 Å². The highest BCUT2D eigenvalue weighted by atomic mass is 16.5. The van der Waals surface area contributed by atoms with Gasteiger partial charge in [0, 0.05) is 12.1 Å². The van der Waals surface area contributed by atoms with Crippen molar-refractivity contribution in [1.82, 2.24) is 5.32 Å². The number of unbranched alkanes of at least 4 members (excludes halogenated alkanes) is 11. The van der Waals surface area contributed by atoms with Crippen LogP contribution in [-0.2, 0) is 0 Å². The van der Waals surface area contributed by atoms with Crippen LogP contribution in [0, 0.1) is 0 Å². The Balaban J connectivity index is 1.40. The van der Waals surface area contributed by atoms with E-state index in [0.717, 1.165) is 43.3 Å². The molecule has 1 N–H and O–H groups in total. The normalized spacial score (nSPS) is 13.5. The Kier molecular flexibility index (Phi) is 10.9. The fourth-order valence-corrected chi connectivity index (χ4v) is 3.43. The molecule has 26 heavy (non-hydrogen) atoms. The fraction of sp³-hybridized carbons (Fsp3) is 0.696. The summed E-state index contributed by atoms with van der Waals surface area (Å²) in [6.45, 7) is 4.94. The maximum atomic E-state index is 5.86. The molecule has 0 atom stereocenters. The maximum Gasteiger partial charge on any atom is 0.128 e. The van der Waals surface area contributed by atoms with E-state index in [9.17, 15) is 0 Å². The van der Waals surface area contributed by atoms with E-state index in [2.05, 4.69) is 41.5 Å². The average Bonchev–Trinajstić information content (AvgIpc) is 3.21. The van der Waals surface area contributed by atoms with Crippen molar-refractivity contribution in [2.45, 2.75) is 84.0 Å². The summed E-state index contributed by atoms with van der Waals surface area (Å²) >= 11 is 0. The van der Waals surface area contributed by atoms with Crippen LogP contribution in [0.2, 0.25) is 0 Å². The first kappa shape index (κ1) is 20.8. The van der Waals surface area contributed by atoms with Gasteiger partial charge >= 0.3 is 0 Å². The van der Waals surface area contributed by atoms with Gasteiger partial charge in [-0.1, -0.05) is 77.6 Å². The first-order chi connectivity index (χ1) is 12.9. The molecule has 0 unspecified atom stereocenters. The lowest BCUT2D eigenvalue weighted by Gasteiger charge is -2.08. The standard InChI is InChI=1S/C23H38N2O/c1-2-3-4-5-6-7-8-9-10-11-12-13-20-26-22-16-14-21(15-17-22)23-24-18-19-25-23/h14-17H,2-13,18-20H2,1H3,(H,24,25). The van der Waals surface area contributed by atoms with Gasteiger partial charge in [-0.2, -0.15) is 0 Å².